The molecule has 148 valence electrons. The van der Waals surface area contributed by atoms with Crippen molar-refractivity contribution in [2.24, 2.45) is 5.92 Å². The molecule has 28 heavy (non-hydrogen) atoms. The summed E-state index contributed by atoms with van der Waals surface area (Å²) in [4.78, 5) is 30.9. The van der Waals surface area contributed by atoms with E-state index in [2.05, 4.69) is 39.6 Å². The number of nitrogens with one attached hydrogen (secondary N) is 2. The van der Waals surface area contributed by atoms with Crippen LogP contribution in [0.25, 0.3) is 11.3 Å². The maximum atomic E-state index is 12.4. The number of hydrogen-bond donors (Lipinski definition) is 2. The third kappa shape index (κ3) is 4.97. The Morgan fingerprint density at radius 1 is 1.14 bits per heavy atom. The number of piperidine rings is 1. The fourth-order valence-corrected chi connectivity index (χ4v) is 4.19. The van der Waals surface area contributed by atoms with E-state index >= 15 is 0 Å². The van der Waals surface area contributed by atoms with Gasteiger partial charge in [-0.25, -0.2) is 4.98 Å². The molecular formula is C21H26N4O2S. The Balaban J connectivity index is 1.23. The Hall–Kier alpha value is -2.25. The highest BCUT2D eigenvalue weighted by Gasteiger charge is 2.31. The molecule has 2 fully saturated rings. The van der Waals surface area contributed by atoms with E-state index in [0.717, 1.165) is 50.0 Å². The van der Waals surface area contributed by atoms with Crippen LogP contribution in [0.5, 0.6) is 0 Å². The molecule has 0 unspecified atom stereocenters. The molecule has 6 nitrogen and oxygen atoms in total. The van der Waals surface area contributed by atoms with Crippen molar-refractivity contribution in [3.05, 3.63) is 35.2 Å². The van der Waals surface area contributed by atoms with Crippen LogP contribution in [0.3, 0.4) is 0 Å². The summed E-state index contributed by atoms with van der Waals surface area (Å²) in [6, 6.07) is 8.46. The Morgan fingerprint density at radius 3 is 2.54 bits per heavy atom. The van der Waals surface area contributed by atoms with Gasteiger partial charge in [0.1, 0.15) is 0 Å². The van der Waals surface area contributed by atoms with Crippen molar-refractivity contribution in [2.75, 3.05) is 25.0 Å². The van der Waals surface area contributed by atoms with Crippen LogP contribution in [0.15, 0.2) is 29.6 Å². The number of carbonyl (C=O) groups excluding carboxylic acids is 2. The van der Waals surface area contributed by atoms with Crippen molar-refractivity contribution in [1.29, 1.82) is 0 Å². The second kappa shape index (κ2) is 8.41. The minimum absolute atomic E-state index is 0.0368. The third-order valence-electron chi connectivity index (χ3n) is 5.35. The number of nitrogens with zero attached hydrogens (tertiary/aromatic N) is 2. The van der Waals surface area contributed by atoms with Gasteiger partial charge in [-0.05, 0) is 32.6 Å². The van der Waals surface area contributed by atoms with Gasteiger partial charge in [-0.3, -0.25) is 14.5 Å². The van der Waals surface area contributed by atoms with Crippen LogP contribution in [0, 0.1) is 12.8 Å². The Kier molecular flexibility index (Phi) is 5.73. The number of hydrogen-bond acceptors (Lipinski definition) is 5. The monoisotopic (exact) mass is 398 g/mol. The summed E-state index contributed by atoms with van der Waals surface area (Å²) in [5, 5.41) is 8.65. The lowest BCUT2D eigenvalue weighted by atomic mass is 10.0. The van der Waals surface area contributed by atoms with Crippen LogP contribution in [-0.2, 0) is 9.59 Å². The summed E-state index contributed by atoms with van der Waals surface area (Å²) in [5.74, 6) is 0.432. The van der Waals surface area contributed by atoms with Gasteiger partial charge in [0.05, 0.1) is 12.2 Å². The molecule has 0 radical (unpaired) electrons. The van der Waals surface area contributed by atoms with Gasteiger partial charge in [0, 0.05) is 36.0 Å². The van der Waals surface area contributed by atoms with Gasteiger partial charge < -0.3 is 10.6 Å². The summed E-state index contributed by atoms with van der Waals surface area (Å²) >= 11 is 1.45. The van der Waals surface area contributed by atoms with Gasteiger partial charge in [-0.1, -0.05) is 29.8 Å². The summed E-state index contributed by atoms with van der Waals surface area (Å²) in [6.07, 6.45) is 3.88. The smallest absolute Gasteiger partial charge is 0.240 e. The van der Waals surface area contributed by atoms with E-state index < -0.39 is 0 Å². The fraction of sp³-hybridized carbons (Fsp3) is 0.476. The molecule has 2 aliphatic rings. The van der Waals surface area contributed by atoms with Crippen molar-refractivity contribution in [2.45, 2.75) is 38.6 Å². The maximum absolute atomic E-state index is 12.4. The molecule has 2 amide bonds. The first-order chi connectivity index (χ1) is 13.6. The van der Waals surface area contributed by atoms with E-state index in [-0.39, 0.29) is 23.8 Å². The lowest BCUT2D eigenvalue weighted by Crippen LogP contribution is -2.46. The van der Waals surface area contributed by atoms with Crippen LogP contribution in [0.1, 0.15) is 31.2 Å². The van der Waals surface area contributed by atoms with Crippen LogP contribution in [0.2, 0.25) is 0 Å². The zero-order valence-electron chi connectivity index (χ0n) is 16.1. The second-order valence-electron chi connectivity index (χ2n) is 7.79. The summed E-state index contributed by atoms with van der Waals surface area (Å²) in [6.45, 7) is 4.08. The number of carbonyl (C=O) groups is 2. The second-order valence-corrected chi connectivity index (χ2v) is 8.64. The van der Waals surface area contributed by atoms with Crippen molar-refractivity contribution < 1.29 is 9.59 Å². The fourth-order valence-electron chi connectivity index (χ4n) is 3.45. The van der Waals surface area contributed by atoms with E-state index in [1.165, 1.54) is 16.9 Å². The number of anilines is 1. The summed E-state index contributed by atoms with van der Waals surface area (Å²) < 4.78 is 0. The van der Waals surface area contributed by atoms with Crippen LogP contribution in [0.4, 0.5) is 5.13 Å². The normalized spacial score (nSPS) is 18.0. The van der Waals surface area contributed by atoms with Gasteiger partial charge in [0.25, 0.3) is 0 Å². The Labute approximate surface area is 169 Å². The predicted molar refractivity (Wildman–Crippen MR) is 111 cm³/mol. The highest BCUT2D eigenvalue weighted by atomic mass is 32.1. The molecule has 1 aliphatic carbocycles. The number of rotatable bonds is 6. The van der Waals surface area contributed by atoms with Gasteiger partial charge in [0.2, 0.25) is 11.8 Å². The predicted octanol–water partition coefficient (Wildman–Crippen LogP) is 3.05. The topological polar surface area (TPSA) is 74.3 Å². The van der Waals surface area contributed by atoms with Crippen LogP contribution >= 0.6 is 11.3 Å². The van der Waals surface area contributed by atoms with Crippen molar-refractivity contribution in [3.63, 3.8) is 0 Å². The molecule has 1 aromatic carbocycles. The number of likely N-dealkylation sites (tertiary alicyclic amines) is 1. The molecule has 7 heteroatoms. The van der Waals surface area contributed by atoms with Crippen molar-refractivity contribution >= 4 is 28.3 Å². The number of benzene rings is 1. The molecule has 1 saturated carbocycles. The molecule has 4 rings (SSSR count). The van der Waals surface area contributed by atoms with E-state index in [1.54, 1.807) is 0 Å². The third-order valence-corrected chi connectivity index (χ3v) is 6.10. The van der Waals surface area contributed by atoms with Crippen molar-refractivity contribution in [1.82, 2.24) is 15.2 Å². The average molecular weight is 399 g/mol. The molecule has 2 N–H and O–H groups in total. The first-order valence-corrected chi connectivity index (χ1v) is 10.8. The number of aryl methyl sites for hydroxylation is 1. The zero-order chi connectivity index (χ0) is 19.5. The zero-order valence-corrected chi connectivity index (χ0v) is 16.9. The highest BCUT2D eigenvalue weighted by Crippen LogP contribution is 2.29. The largest absolute Gasteiger partial charge is 0.353 e. The molecule has 1 aliphatic heterocycles. The van der Waals surface area contributed by atoms with Gasteiger partial charge in [-0.2, -0.15) is 0 Å². The quantitative estimate of drug-likeness (QED) is 0.784. The van der Waals surface area contributed by atoms with Crippen LogP contribution < -0.4 is 10.6 Å². The molecular weight excluding hydrogens is 372 g/mol. The van der Waals surface area contributed by atoms with E-state index in [1.807, 2.05) is 17.5 Å². The van der Waals surface area contributed by atoms with Crippen molar-refractivity contribution in [3.8, 4) is 11.3 Å². The summed E-state index contributed by atoms with van der Waals surface area (Å²) in [5.41, 5.74) is 3.15. The Morgan fingerprint density at radius 2 is 1.86 bits per heavy atom. The highest BCUT2D eigenvalue weighted by molar-refractivity contribution is 7.14. The molecule has 0 atom stereocenters. The standard InChI is InChI=1S/C21H26N4O2S/c1-14-2-4-15(5-3-14)18-13-28-21(23-18)24-19(26)12-25-10-8-17(9-11-25)22-20(27)16-6-7-16/h2-5,13,16-17H,6-12H2,1H3,(H,22,27)(H,23,24,26). The number of aromatic nitrogens is 1. The maximum Gasteiger partial charge on any atom is 0.240 e. The minimum atomic E-state index is -0.0368. The van der Waals surface area contributed by atoms with Gasteiger partial charge in [-0.15, -0.1) is 11.3 Å². The van der Waals surface area contributed by atoms with E-state index in [0.29, 0.717) is 11.7 Å². The molecule has 2 heterocycles. The molecule has 0 spiro atoms. The molecule has 2 aromatic rings. The number of thiazole rings is 1. The van der Waals surface area contributed by atoms with E-state index in [4.69, 9.17) is 0 Å². The first-order valence-electron chi connectivity index (χ1n) is 9.92. The van der Waals surface area contributed by atoms with Gasteiger partial charge in [0.15, 0.2) is 5.13 Å². The van der Waals surface area contributed by atoms with E-state index in [9.17, 15) is 9.59 Å². The lowest BCUT2D eigenvalue weighted by molar-refractivity contribution is -0.123. The number of amides is 2. The molecule has 1 saturated heterocycles. The minimum Gasteiger partial charge on any atom is -0.353 e. The average Bonchev–Trinajstić information content (AvgIpc) is 3.44. The summed E-state index contributed by atoms with van der Waals surface area (Å²) in [7, 11) is 0. The SMILES string of the molecule is Cc1ccc(-c2csc(NC(=O)CN3CCC(NC(=O)C4CC4)CC3)n2)cc1. The first kappa shape index (κ1) is 19.1. The lowest BCUT2D eigenvalue weighted by Gasteiger charge is -2.31. The van der Waals surface area contributed by atoms with Crippen LogP contribution in [-0.4, -0.2) is 47.4 Å². The molecule has 1 aromatic heterocycles. The Bertz CT molecular complexity index is 836. The van der Waals surface area contributed by atoms with Gasteiger partial charge >= 0.3 is 0 Å². The molecule has 0 bridgehead atoms.